The Labute approximate surface area is 185 Å². The largest absolute Gasteiger partial charge is 0.494 e. The number of imidazole rings is 1. The Morgan fingerprint density at radius 1 is 1.10 bits per heavy atom. The number of rotatable bonds is 8. The number of benzene rings is 2. The first-order valence-corrected chi connectivity index (χ1v) is 10.4. The number of aromatic amines is 1. The van der Waals surface area contributed by atoms with Crippen LogP contribution >= 0.6 is 11.6 Å². The van der Waals surface area contributed by atoms with Crippen LogP contribution < -0.4 is 4.74 Å². The molecule has 0 radical (unpaired) electrons. The summed E-state index contributed by atoms with van der Waals surface area (Å²) in [5.74, 6) is 2.85. The molecule has 156 valence electrons. The third-order valence-corrected chi connectivity index (χ3v) is 5.02. The smallest absolute Gasteiger partial charge is 0.247 e. The summed E-state index contributed by atoms with van der Waals surface area (Å²) in [6.45, 7) is 2.42. The Morgan fingerprint density at radius 2 is 1.87 bits per heavy atom. The third-order valence-electron chi connectivity index (χ3n) is 4.76. The quantitative estimate of drug-likeness (QED) is 0.357. The van der Waals surface area contributed by atoms with Gasteiger partial charge in [-0.25, -0.2) is 9.97 Å². The van der Waals surface area contributed by atoms with Gasteiger partial charge in [-0.3, -0.25) is 0 Å². The fraction of sp³-hybridized carbons (Fsp3) is 0.208. The number of halogens is 1. The third kappa shape index (κ3) is 5.14. The Morgan fingerprint density at radius 3 is 2.55 bits per heavy atom. The molecule has 2 aromatic heterocycles. The number of aromatic nitrogens is 3. The Hall–Kier alpha value is -3.56. The number of nitrogens with zero attached hydrogens (tertiary/aromatic N) is 3. The first-order valence-electron chi connectivity index (χ1n) is 9.99. The van der Waals surface area contributed by atoms with Crippen molar-refractivity contribution in [2.24, 2.45) is 0 Å². The molecule has 2 heterocycles. The summed E-state index contributed by atoms with van der Waals surface area (Å²) in [5, 5.41) is 9.43. The zero-order valence-corrected chi connectivity index (χ0v) is 17.8. The SMILES string of the molecule is Cc1nc(-c2nc(-c3ccc(Cl)cc3)c(CCCOc3ccc(CC#N)cc3)o2)c[nH]1. The van der Waals surface area contributed by atoms with Crippen molar-refractivity contribution < 1.29 is 9.15 Å². The number of hydrogen-bond acceptors (Lipinski definition) is 5. The van der Waals surface area contributed by atoms with E-state index in [0.717, 1.165) is 40.6 Å². The highest BCUT2D eigenvalue weighted by Gasteiger charge is 2.18. The summed E-state index contributed by atoms with van der Waals surface area (Å²) in [7, 11) is 0. The van der Waals surface area contributed by atoms with E-state index in [4.69, 9.17) is 31.0 Å². The second-order valence-corrected chi connectivity index (χ2v) is 7.54. The first kappa shape index (κ1) is 20.7. The fourth-order valence-electron chi connectivity index (χ4n) is 3.21. The van der Waals surface area contributed by atoms with Gasteiger partial charge in [0.25, 0.3) is 0 Å². The van der Waals surface area contributed by atoms with Crippen LogP contribution in [0.25, 0.3) is 22.8 Å². The summed E-state index contributed by atoms with van der Waals surface area (Å²) in [6.07, 6.45) is 3.61. The molecular weight excluding hydrogens is 412 g/mol. The van der Waals surface area contributed by atoms with Gasteiger partial charge in [0, 0.05) is 23.2 Å². The lowest BCUT2D eigenvalue weighted by molar-refractivity contribution is 0.306. The van der Waals surface area contributed by atoms with Gasteiger partial charge in [0.1, 0.15) is 28.7 Å². The summed E-state index contributed by atoms with van der Waals surface area (Å²) >= 11 is 6.04. The van der Waals surface area contributed by atoms with E-state index >= 15 is 0 Å². The molecule has 0 bridgehead atoms. The van der Waals surface area contributed by atoms with Crippen LogP contribution in [0.1, 0.15) is 23.6 Å². The molecule has 0 aliphatic rings. The molecule has 0 unspecified atom stereocenters. The maximum absolute atomic E-state index is 8.76. The first-order chi connectivity index (χ1) is 15.1. The van der Waals surface area contributed by atoms with Gasteiger partial charge in [-0.2, -0.15) is 5.26 Å². The predicted octanol–water partition coefficient (Wildman–Crippen LogP) is 5.77. The van der Waals surface area contributed by atoms with Crippen molar-refractivity contribution in [1.82, 2.24) is 15.0 Å². The molecule has 0 fully saturated rings. The van der Waals surface area contributed by atoms with E-state index in [2.05, 4.69) is 16.0 Å². The highest BCUT2D eigenvalue weighted by Crippen LogP contribution is 2.30. The molecule has 6 nitrogen and oxygen atoms in total. The van der Waals surface area contributed by atoms with Crippen molar-refractivity contribution in [2.45, 2.75) is 26.2 Å². The van der Waals surface area contributed by atoms with Crippen molar-refractivity contribution in [2.75, 3.05) is 6.61 Å². The van der Waals surface area contributed by atoms with Crippen molar-refractivity contribution in [3.8, 4) is 34.7 Å². The van der Waals surface area contributed by atoms with E-state index in [-0.39, 0.29) is 0 Å². The summed E-state index contributed by atoms with van der Waals surface area (Å²) in [5.41, 5.74) is 3.38. The fourth-order valence-corrected chi connectivity index (χ4v) is 3.34. The standard InChI is InChI=1S/C24H21ClN4O2/c1-16-27-15-21(28-16)24-29-23(18-6-8-19(25)9-7-18)22(31-24)3-2-14-30-20-10-4-17(5-11-20)12-13-26/h4-11,15H,2-3,12,14H2,1H3,(H,27,28). The molecule has 2 aromatic carbocycles. The van der Waals surface area contributed by atoms with Gasteiger partial charge >= 0.3 is 0 Å². The molecule has 7 heteroatoms. The average molecular weight is 433 g/mol. The van der Waals surface area contributed by atoms with Crippen LogP contribution in [-0.2, 0) is 12.8 Å². The molecule has 0 amide bonds. The molecule has 31 heavy (non-hydrogen) atoms. The molecule has 4 rings (SSSR count). The highest BCUT2D eigenvalue weighted by atomic mass is 35.5. The lowest BCUT2D eigenvalue weighted by Crippen LogP contribution is -2.00. The van der Waals surface area contributed by atoms with Crippen molar-refractivity contribution >= 4 is 11.6 Å². The Balaban J connectivity index is 1.46. The number of hydrogen-bond donors (Lipinski definition) is 1. The number of aryl methyl sites for hydroxylation is 2. The summed E-state index contributed by atoms with van der Waals surface area (Å²) < 4.78 is 11.9. The minimum atomic E-state index is 0.400. The van der Waals surface area contributed by atoms with E-state index in [0.29, 0.717) is 36.1 Å². The van der Waals surface area contributed by atoms with Crippen LogP contribution in [0.4, 0.5) is 0 Å². The molecule has 0 aliphatic heterocycles. The van der Waals surface area contributed by atoms with Gasteiger partial charge in [0.2, 0.25) is 5.89 Å². The van der Waals surface area contributed by atoms with Crippen LogP contribution in [0.15, 0.2) is 59.1 Å². The maximum atomic E-state index is 8.76. The highest BCUT2D eigenvalue weighted by molar-refractivity contribution is 6.30. The van der Waals surface area contributed by atoms with Gasteiger partial charge in [-0.15, -0.1) is 0 Å². The lowest BCUT2D eigenvalue weighted by Gasteiger charge is -2.06. The van der Waals surface area contributed by atoms with E-state index < -0.39 is 0 Å². The van der Waals surface area contributed by atoms with Gasteiger partial charge in [-0.1, -0.05) is 35.9 Å². The van der Waals surface area contributed by atoms with E-state index in [1.807, 2.05) is 55.5 Å². The second kappa shape index (κ2) is 9.50. The molecule has 0 spiro atoms. The Kier molecular flexibility index (Phi) is 6.34. The normalized spacial score (nSPS) is 10.7. The number of nitrogens with one attached hydrogen (secondary N) is 1. The van der Waals surface area contributed by atoms with Crippen LogP contribution in [0.5, 0.6) is 5.75 Å². The predicted molar refractivity (Wildman–Crippen MR) is 119 cm³/mol. The topological polar surface area (TPSA) is 87.7 Å². The van der Waals surface area contributed by atoms with E-state index in [1.54, 1.807) is 6.20 Å². The molecule has 4 aromatic rings. The average Bonchev–Trinajstić information content (AvgIpc) is 3.39. The van der Waals surface area contributed by atoms with Crippen LogP contribution in [0.3, 0.4) is 0 Å². The molecule has 0 atom stereocenters. The van der Waals surface area contributed by atoms with Crippen molar-refractivity contribution in [1.29, 1.82) is 5.26 Å². The van der Waals surface area contributed by atoms with Crippen molar-refractivity contribution in [3.63, 3.8) is 0 Å². The zero-order valence-electron chi connectivity index (χ0n) is 17.1. The van der Waals surface area contributed by atoms with Crippen LogP contribution in [0, 0.1) is 18.3 Å². The molecule has 0 saturated carbocycles. The molecular formula is C24H21ClN4O2. The molecule has 0 aliphatic carbocycles. The monoisotopic (exact) mass is 432 g/mol. The van der Waals surface area contributed by atoms with Gasteiger partial charge in [-0.05, 0) is 43.2 Å². The lowest BCUT2D eigenvalue weighted by atomic mass is 10.1. The second-order valence-electron chi connectivity index (χ2n) is 7.10. The summed E-state index contributed by atoms with van der Waals surface area (Å²) in [6, 6.07) is 17.3. The molecule has 0 saturated heterocycles. The van der Waals surface area contributed by atoms with Crippen LogP contribution in [0.2, 0.25) is 5.02 Å². The number of ether oxygens (including phenoxy) is 1. The number of nitriles is 1. The van der Waals surface area contributed by atoms with Crippen LogP contribution in [-0.4, -0.2) is 21.6 Å². The number of H-pyrrole nitrogens is 1. The number of oxazole rings is 1. The maximum Gasteiger partial charge on any atom is 0.247 e. The van der Waals surface area contributed by atoms with Crippen molar-refractivity contribution in [3.05, 3.63) is 76.9 Å². The minimum Gasteiger partial charge on any atom is -0.494 e. The minimum absolute atomic E-state index is 0.400. The van der Waals surface area contributed by atoms with E-state index in [1.165, 1.54) is 0 Å². The van der Waals surface area contributed by atoms with E-state index in [9.17, 15) is 0 Å². The zero-order chi connectivity index (χ0) is 21.6. The summed E-state index contributed by atoms with van der Waals surface area (Å²) in [4.78, 5) is 12.2. The van der Waals surface area contributed by atoms with Gasteiger partial charge < -0.3 is 14.1 Å². The van der Waals surface area contributed by atoms with Gasteiger partial charge in [0.15, 0.2) is 0 Å². The molecule has 1 N–H and O–H groups in total. The van der Waals surface area contributed by atoms with Gasteiger partial charge in [0.05, 0.1) is 19.1 Å². The Bertz CT molecular complexity index is 1190.